The van der Waals surface area contributed by atoms with Gasteiger partial charge in [0.15, 0.2) is 0 Å². The standard InChI is InChI=1S/C15H27NO6/c1-12(11-13(2)15(18)19)14(17)16-3-5-20-7-9-22-10-8-21-6-4-16/h12-13H,3-11H2,1-2H3,(H,18,19). The van der Waals surface area contributed by atoms with Crippen molar-refractivity contribution >= 4 is 11.9 Å². The van der Waals surface area contributed by atoms with Crippen molar-refractivity contribution in [2.24, 2.45) is 11.8 Å². The van der Waals surface area contributed by atoms with Crippen LogP contribution >= 0.6 is 0 Å². The highest BCUT2D eigenvalue weighted by Crippen LogP contribution is 2.15. The summed E-state index contributed by atoms with van der Waals surface area (Å²) < 4.78 is 16.2. The normalized spacial score (nSPS) is 21.3. The first-order valence-electron chi connectivity index (χ1n) is 7.77. The average Bonchev–Trinajstić information content (AvgIpc) is 2.47. The van der Waals surface area contributed by atoms with Gasteiger partial charge in [0, 0.05) is 19.0 Å². The Hall–Kier alpha value is -1.18. The third-order valence-electron chi connectivity index (χ3n) is 3.62. The lowest BCUT2D eigenvalue weighted by atomic mass is 9.96. The molecule has 2 atom stereocenters. The number of rotatable bonds is 4. The molecular weight excluding hydrogens is 290 g/mol. The fraction of sp³-hybridized carbons (Fsp3) is 0.867. The van der Waals surface area contributed by atoms with Crippen molar-refractivity contribution < 1.29 is 28.9 Å². The summed E-state index contributed by atoms with van der Waals surface area (Å²) in [4.78, 5) is 25.1. The van der Waals surface area contributed by atoms with Gasteiger partial charge in [0.25, 0.3) is 0 Å². The van der Waals surface area contributed by atoms with Crippen LogP contribution in [0, 0.1) is 11.8 Å². The predicted octanol–water partition coefficient (Wildman–Crippen LogP) is 0.625. The third kappa shape index (κ3) is 7.20. The lowest BCUT2D eigenvalue weighted by Crippen LogP contribution is -2.41. The molecule has 1 N–H and O–H groups in total. The number of carboxylic acid groups (broad SMARTS) is 1. The number of nitrogens with zero attached hydrogens (tertiary/aromatic N) is 1. The second-order valence-electron chi connectivity index (χ2n) is 5.54. The van der Waals surface area contributed by atoms with Gasteiger partial charge in [0.1, 0.15) is 0 Å². The highest BCUT2D eigenvalue weighted by Gasteiger charge is 2.24. The molecule has 0 saturated carbocycles. The monoisotopic (exact) mass is 317 g/mol. The smallest absolute Gasteiger partial charge is 0.306 e. The highest BCUT2D eigenvalue weighted by atomic mass is 16.5. The lowest BCUT2D eigenvalue weighted by Gasteiger charge is -2.27. The van der Waals surface area contributed by atoms with Crippen LogP contribution in [0.4, 0.5) is 0 Å². The van der Waals surface area contributed by atoms with Gasteiger partial charge in [-0.05, 0) is 6.42 Å². The second-order valence-corrected chi connectivity index (χ2v) is 5.54. The first-order valence-corrected chi connectivity index (χ1v) is 7.77. The molecule has 1 rings (SSSR count). The van der Waals surface area contributed by atoms with Gasteiger partial charge in [-0.25, -0.2) is 0 Å². The van der Waals surface area contributed by atoms with Crippen molar-refractivity contribution in [3.63, 3.8) is 0 Å². The van der Waals surface area contributed by atoms with Gasteiger partial charge in [-0.15, -0.1) is 0 Å². The van der Waals surface area contributed by atoms with Gasteiger partial charge in [0.2, 0.25) is 5.91 Å². The van der Waals surface area contributed by atoms with Crippen molar-refractivity contribution in [3.8, 4) is 0 Å². The SMILES string of the molecule is CC(CC(C)C(=O)N1CCOCCOCCOCC1)C(=O)O. The Bertz CT molecular complexity index is 337. The largest absolute Gasteiger partial charge is 0.481 e. The molecule has 0 aromatic rings. The Labute approximate surface area is 131 Å². The summed E-state index contributed by atoms with van der Waals surface area (Å²) in [5, 5.41) is 8.95. The molecule has 0 aliphatic carbocycles. The Morgan fingerprint density at radius 2 is 1.36 bits per heavy atom. The predicted molar refractivity (Wildman–Crippen MR) is 79.6 cm³/mol. The van der Waals surface area contributed by atoms with Crippen LogP contribution in [-0.4, -0.2) is 74.6 Å². The lowest BCUT2D eigenvalue weighted by molar-refractivity contribution is -0.143. The number of ether oxygens (including phenoxy) is 3. The number of carboxylic acids is 1. The molecule has 128 valence electrons. The minimum Gasteiger partial charge on any atom is -0.481 e. The first-order chi connectivity index (χ1) is 10.5. The zero-order valence-electron chi connectivity index (χ0n) is 13.5. The van der Waals surface area contributed by atoms with Crippen LogP contribution < -0.4 is 0 Å². The molecule has 7 nitrogen and oxygen atoms in total. The summed E-state index contributed by atoms with van der Waals surface area (Å²) in [6, 6.07) is 0. The Kier molecular flexibility index (Phi) is 9.03. The number of aliphatic carboxylic acids is 1. The van der Waals surface area contributed by atoms with E-state index in [0.29, 0.717) is 59.2 Å². The molecule has 1 fully saturated rings. The minimum atomic E-state index is -0.875. The summed E-state index contributed by atoms with van der Waals surface area (Å²) in [6.45, 7) is 7.26. The summed E-state index contributed by atoms with van der Waals surface area (Å²) in [5.74, 6) is -1.79. The molecule has 1 heterocycles. The molecule has 7 heteroatoms. The molecular formula is C15H27NO6. The van der Waals surface area contributed by atoms with E-state index in [9.17, 15) is 9.59 Å². The molecule has 0 bridgehead atoms. The number of hydrogen-bond acceptors (Lipinski definition) is 5. The summed E-state index contributed by atoms with van der Waals surface area (Å²) in [7, 11) is 0. The van der Waals surface area contributed by atoms with Crippen molar-refractivity contribution in [2.75, 3.05) is 52.7 Å². The van der Waals surface area contributed by atoms with Crippen LogP contribution in [0.1, 0.15) is 20.3 Å². The van der Waals surface area contributed by atoms with E-state index in [4.69, 9.17) is 19.3 Å². The number of hydrogen-bond donors (Lipinski definition) is 1. The molecule has 0 radical (unpaired) electrons. The molecule has 0 spiro atoms. The van der Waals surface area contributed by atoms with E-state index < -0.39 is 11.9 Å². The maximum absolute atomic E-state index is 12.5. The van der Waals surface area contributed by atoms with E-state index >= 15 is 0 Å². The number of carbonyl (C=O) groups excluding carboxylic acids is 1. The van der Waals surface area contributed by atoms with Gasteiger partial charge >= 0.3 is 5.97 Å². The van der Waals surface area contributed by atoms with Gasteiger partial charge in [-0.1, -0.05) is 13.8 Å². The van der Waals surface area contributed by atoms with E-state index in [0.717, 1.165) is 0 Å². The van der Waals surface area contributed by atoms with E-state index in [-0.39, 0.29) is 11.8 Å². The minimum absolute atomic E-state index is 0.0476. The fourth-order valence-corrected chi connectivity index (χ4v) is 2.27. The Balaban J connectivity index is 2.51. The zero-order chi connectivity index (χ0) is 16.4. The highest BCUT2D eigenvalue weighted by molar-refractivity contribution is 5.79. The topological polar surface area (TPSA) is 85.3 Å². The summed E-state index contributed by atoms with van der Waals surface area (Å²) in [6.07, 6.45) is 0.334. The molecule has 22 heavy (non-hydrogen) atoms. The molecule has 1 saturated heterocycles. The Morgan fingerprint density at radius 1 is 0.909 bits per heavy atom. The molecule has 1 aliphatic heterocycles. The second kappa shape index (κ2) is 10.5. The quantitative estimate of drug-likeness (QED) is 0.818. The molecule has 1 amide bonds. The summed E-state index contributed by atoms with van der Waals surface area (Å²) in [5.41, 5.74) is 0. The third-order valence-corrected chi connectivity index (χ3v) is 3.62. The summed E-state index contributed by atoms with van der Waals surface area (Å²) >= 11 is 0. The van der Waals surface area contributed by atoms with Crippen LogP contribution in [0.3, 0.4) is 0 Å². The van der Waals surface area contributed by atoms with Crippen molar-refractivity contribution in [1.29, 1.82) is 0 Å². The van der Waals surface area contributed by atoms with Gasteiger partial charge in [-0.3, -0.25) is 9.59 Å². The zero-order valence-corrected chi connectivity index (χ0v) is 13.5. The van der Waals surface area contributed by atoms with Crippen molar-refractivity contribution in [2.45, 2.75) is 20.3 Å². The van der Waals surface area contributed by atoms with Gasteiger partial charge in [0.05, 0.1) is 45.6 Å². The average molecular weight is 317 g/mol. The molecule has 2 unspecified atom stereocenters. The van der Waals surface area contributed by atoms with Crippen molar-refractivity contribution in [1.82, 2.24) is 4.90 Å². The van der Waals surface area contributed by atoms with Crippen LogP contribution in [0.5, 0.6) is 0 Å². The van der Waals surface area contributed by atoms with E-state index in [2.05, 4.69) is 0 Å². The van der Waals surface area contributed by atoms with Gasteiger partial charge in [-0.2, -0.15) is 0 Å². The first kappa shape index (κ1) is 18.9. The Morgan fingerprint density at radius 3 is 1.82 bits per heavy atom. The fourth-order valence-electron chi connectivity index (χ4n) is 2.27. The van der Waals surface area contributed by atoms with Crippen LogP contribution in [0.2, 0.25) is 0 Å². The maximum Gasteiger partial charge on any atom is 0.306 e. The number of amides is 1. The van der Waals surface area contributed by atoms with Gasteiger partial charge < -0.3 is 24.2 Å². The maximum atomic E-state index is 12.5. The number of carbonyl (C=O) groups is 2. The van der Waals surface area contributed by atoms with E-state index in [1.165, 1.54) is 0 Å². The molecule has 0 aromatic heterocycles. The van der Waals surface area contributed by atoms with E-state index in [1.54, 1.807) is 18.7 Å². The van der Waals surface area contributed by atoms with Crippen LogP contribution in [0.15, 0.2) is 0 Å². The molecule has 1 aliphatic rings. The van der Waals surface area contributed by atoms with Crippen LogP contribution in [-0.2, 0) is 23.8 Å². The van der Waals surface area contributed by atoms with Crippen molar-refractivity contribution in [3.05, 3.63) is 0 Å². The molecule has 0 aromatic carbocycles. The van der Waals surface area contributed by atoms with Crippen LogP contribution in [0.25, 0.3) is 0 Å². The van der Waals surface area contributed by atoms with E-state index in [1.807, 2.05) is 0 Å².